The Balaban J connectivity index is 1.78. The number of nitrogens with one attached hydrogen (secondary N) is 1. The van der Waals surface area contributed by atoms with Crippen molar-refractivity contribution in [3.8, 4) is 5.88 Å². The van der Waals surface area contributed by atoms with Gasteiger partial charge in [0.25, 0.3) is 0 Å². The van der Waals surface area contributed by atoms with Gasteiger partial charge in [-0.1, -0.05) is 6.07 Å². The van der Waals surface area contributed by atoms with Crippen LogP contribution in [0.3, 0.4) is 0 Å². The lowest BCUT2D eigenvalue weighted by Crippen LogP contribution is -2.39. The number of aromatic nitrogens is 3. The molecular formula is C16H21N5O2. The van der Waals surface area contributed by atoms with Gasteiger partial charge in [-0.3, -0.25) is 14.4 Å². The van der Waals surface area contributed by atoms with Crippen LogP contribution in [0.25, 0.3) is 0 Å². The zero-order chi connectivity index (χ0) is 16.2. The van der Waals surface area contributed by atoms with Gasteiger partial charge in [0.1, 0.15) is 0 Å². The fourth-order valence-electron chi connectivity index (χ4n) is 3.02. The third-order valence-electron chi connectivity index (χ3n) is 4.09. The van der Waals surface area contributed by atoms with Crippen LogP contribution in [0.4, 0.5) is 0 Å². The summed E-state index contributed by atoms with van der Waals surface area (Å²) in [7, 11) is 3.29. The molecule has 0 bridgehead atoms. The van der Waals surface area contributed by atoms with Gasteiger partial charge in [0.05, 0.1) is 25.3 Å². The topological polar surface area (TPSA) is 72.3 Å². The third kappa shape index (κ3) is 3.34. The minimum Gasteiger partial charge on any atom is -0.481 e. The first-order chi connectivity index (χ1) is 11.2. The molecule has 0 aliphatic carbocycles. The number of fused-ring (bicyclic) bond motifs is 1. The van der Waals surface area contributed by atoms with Gasteiger partial charge in [0, 0.05) is 44.6 Å². The number of carbonyl (C=O) groups is 1. The highest BCUT2D eigenvalue weighted by Crippen LogP contribution is 2.26. The van der Waals surface area contributed by atoms with Crippen molar-refractivity contribution in [2.45, 2.75) is 25.6 Å². The maximum Gasteiger partial charge on any atom is 0.221 e. The highest BCUT2D eigenvalue weighted by Gasteiger charge is 2.27. The van der Waals surface area contributed by atoms with E-state index >= 15 is 0 Å². The standard InChI is InChI=1S/C16H21N5O2/c1-17-15(22)8-14-11-20(10-13-5-7-19-21(13)14)9-12-4-3-6-18-16(12)23-2/h3-7,14H,8-11H2,1-2H3,(H,17,22). The predicted molar refractivity (Wildman–Crippen MR) is 84.9 cm³/mol. The molecule has 0 saturated carbocycles. The number of rotatable bonds is 5. The van der Waals surface area contributed by atoms with E-state index in [2.05, 4.69) is 20.3 Å². The molecule has 3 heterocycles. The summed E-state index contributed by atoms with van der Waals surface area (Å²) in [6.07, 6.45) is 3.94. The summed E-state index contributed by atoms with van der Waals surface area (Å²) in [5.41, 5.74) is 2.16. The average Bonchev–Trinajstić information content (AvgIpc) is 3.04. The molecule has 1 aliphatic heterocycles. The first-order valence-corrected chi connectivity index (χ1v) is 7.64. The van der Waals surface area contributed by atoms with Crippen LogP contribution >= 0.6 is 0 Å². The fraction of sp³-hybridized carbons (Fsp3) is 0.438. The number of methoxy groups -OCH3 is 1. The lowest BCUT2D eigenvalue weighted by atomic mass is 10.1. The third-order valence-corrected chi connectivity index (χ3v) is 4.09. The Hall–Kier alpha value is -2.41. The fourth-order valence-corrected chi connectivity index (χ4v) is 3.02. The average molecular weight is 315 g/mol. The zero-order valence-electron chi connectivity index (χ0n) is 13.4. The zero-order valence-corrected chi connectivity index (χ0v) is 13.4. The van der Waals surface area contributed by atoms with E-state index in [1.807, 2.05) is 22.9 Å². The van der Waals surface area contributed by atoms with Crippen LogP contribution in [0.1, 0.15) is 23.7 Å². The second-order valence-corrected chi connectivity index (χ2v) is 5.64. The first-order valence-electron chi connectivity index (χ1n) is 7.64. The summed E-state index contributed by atoms with van der Waals surface area (Å²) < 4.78 is 7.30. The Morgan fingerprint density at radius 2 is 2.30 bits per heavy atom. The summed E-state index contributed by atoms with van der Waals surface area (Å²) in [6.45, 7) is 2.29. The number of ether oxygens (including phenoxy) is 1. The molecule has 7 heteroatoms. The van der Waals surface area contributed by atoms with E-state index in [4.69, 9.17) is 4.74 Å². The molecule has 23 heavy (non-hydrogen) atoms. The van der Waals surface area contributed by atoms with Gasteiger partial charge < -0.3 is 10.1 Å². The van der Waals surface area contributed by atoms with E-state index in [1.54, 1.807) is 26.6 Å². The van der Waals surface area contributed by atoms with Crippen LogP contribution in [0.2, 0.25) is 0 Å². The molecule has 0 spiro atoms. The van der Waals surface area contributed by atoms with E-state index in [0.717, 1.165) is 30.9 Å². The molecule has 0 fully saturated rings. The van der Waals surface area contributed by atoms with Crippen LogP contribution in [0.15, 0.2) is 30.6 Å². The molecular weight excluding hydrogens is 294 g/mol. The van der Waals surface area contributed by atoms with E-state index in [-0.39, 0.29) is 11.9 Å². The number of nitrogens with zero attached hydrogens (tertiary/aromatic N) is 4. The minimum absolute atomic E-state index is 0.0252. The Kier molecular flexibility index (Phi) is 4.57. The largest absolute Gasteiger partial charge is 0.481 e. The van der Waals surface area contributed by atoms with Crippen molar-refractivity contribution in [1.29, 1.82) is 0 Å². The lowest BCUT2D eigenvalue weighted by molar-refractivity contribution is -0.121. The van der Waals surface area contributed by atoms with E-state index < -0.39 is 0 Å². The van der Waals surface area contributed by atoms with Crippen LogP contribution in [0, 0.1) is 0 Å². The first kappa shape index (κ1) is 15.5. The van der Waals surface area contributed by atoms with Crippen molar-refractivity contribution in [2.24, 2.45) is 0 Å². The van der Waals surface area contributed by atoms with Gasteiger partial charge in [0.15, 0.2) is 0 Å². The van der Waals surface area contributed by atoms with Gasteiger partial charge >= 0.3 is 0 Å². The van der Waals surface area contributed by atoms with Gasteiger partial charge in [-0.2, -0.15) is 5.10 Å². The smallest absolute Gasteiger partial charge is 0.221 e. The second kappa shape index (κ2) is 6.78. The van der Waals surface area contributed by atoms with Crippen LogP contribution < -0.4 is 10.1 Å². The molecule has 1 N–H and O–H groups in total. The summed E-state index contributed by atoms with van der Waals surface area (Å²) in [5.74, 6) is 0.673. The summed E-state index contributed by atoms with van der Waals surface area (Å²) in [6, 6.07) is 5.97. The SMILES string of the molecule is CNC(=O)CC1CN(Cc2cccnc2OC)Cc2ccnn21. The second-order valence-electron chi connectivity index (χ2n) is 5.64. The van der Waals surface area contributed by atoms with Crippen molar-refractivity contribution >= 4 is 5.91 Å². The number of hydrogen-bond donors (Lipinski definition) is 1. The van der Waals surface area contributed by atoms with E-state index in [0.29, 0.717) is 12.3 Å². The molecule has 0 saturated heterocycles. The Labute approximate surface area is 135 Å². The predicted octanol–water partition coefficient (Wildman–Crippen LogP) is 0.980. The number of hydrogen-bond acceptors (Lipinski definition) is 5. The molecule has 0 radical (unpaired) electrons. The normalized spacial score (nSPS) is 17.6. The van der Waals surface area contributed by atoms with Crippen LogP contribution in [-0.4, -0.2) is 46.3 Å². The molecule has 1 unspecified atom stereocenters. The molecule has 3 rings (SSSR count). The monoisotopic (exact) mass is 315 g/mol. The van der Waals surface area contributed by atoms with Crippen molar-refractivity contribution in [3.05, 3.63) is 41.9 Å². The molecule has 1 atom stereocenters. The van der Waals surface area contributed by atoms with E-state index in [1.165, 1.54) is 0 Å². The van der Waals surface area contributed by atoms with Gasteiger partial charge in [-0.05, 0) is 12.1 Å². The van der Waals surface area contributed by atoms with Gasteiger partial charge in [-0.25, -0.2) is 4.98 Å². The number of carbonyl (C=O) groups excluding carboxylic acids is 1. The summed E-state index contributed by atoms with van der Waals surface area (Å²) in [4.78, 5) is 18.3. The number of amides is 1. The Morgan fingerprint density at radius 1 is 1.43 bits per heavy atom. The van der Waals surface area contributed by atoms with E-state index in [9.17, 15) is 4.79 Å². The molecule has 2 aromatic rings. The summed E-state index contributed by atoms with van der Waals surface area (Å²) in [5, 5.41) is 7.06. The number of pyridine rings is 1. The van der Waals surface area contributed by atoms with Crippen LogP contribution in [-0.2, 0) is 17.9 Å². The molecule has 0 aromatic carbocycles. The van der Waals surface area contributed by atoms with Gasteiger partial charge in [-0.15, -0.1) is 0 Å². The molecule has 1 aliphatic rings. The molecule has 7 nitrogen and oxygen atoms in total. The maximum atomic E-state index is 11.8. The van der Waals surface area contributed by atoms with Gasteiger partial charge in [0.2, 0.25) is 11.8 Å². The molecule has 1 amide bonds. The Morgan fingerprint density at radius 3 is 3.09 bits per heavy atom. The highest BCUT2D eigenvalue weighted by molar-refractivity contribution is 5.76. The molecule has 122 valence electrons. The minimum atomic E-state index is 0.0252. The van der Waals surface area contributed by atoms with Crippen LogP contribution in [0.5, 0.6) is 5.88 Å². The molecule has 2 aromatic heterocycles. The quantitative estimate of drug-likeness (QED) is 0.890. The van der Waals surface area contributed by atoms with Crippen molar-refractivity contribution < 1.29 is 9.53 Å². The van der Waals surface area contributed by atoms with Crippen molar-refractivity contribution in [1.82, 2.24) is 25.0 Å². The highest BCUT2D eigenvalue weighted by atomic mass is 16.5. The van der Waals surface area contributed by atoms with Crippen molar-refractivity contribution in [3.63, 3.8) is 0 Å². The lowest BCUT2D eigenvalue weighted by Gasteiger charge is -2.33. The Bertz CT molecular complexity index is 685. The van der Waals surface area contributed by atoms with Crippen molar-refractivity contribution in [2.75, 3.05) is 20.7 Å². The maximum absolute atomic E-state index is 11.8. The summed E-state index contributed by atoms with van der Waals surface area (Å²) >= 11 is 0.